The molecule has 48 heavy (non-hydrogen) atoms. The van der Waals surface area contributed by atoms with E-state index in [1.54, 1.807) is 29.2 Å². The zero-order chi connectivity index (χ0) is 33.5. The second kappa shape index (κ2) is 15.7. The van der Waals surface area contributed by atoms with Gasteiger partial charge >= 0.3 is 5.97 Å². The number of aliphatic hydroxyl groups is 1. The number of nitrogens with one attached hydrogen (secondary N) is 1. The zero-order valence-corrected chi connectivity index (χ0v) is 27.8. The second-order valence-electron chi connectivity index (χ2n) is 11.2. The number of anilines is 1. The molecular weight excluding hydrogens is 651 g/mol. The average molecular weight is 686 g/mol. The quantitative estimate of drug-likeness (QED) is 0.135. The molecule has 0 aliphatic carbocycles. The van der Waals surface area contributed by atoms with Crippen molar-refractivity contribution in [2.75, 3.05) is 64.5 Å². The van der Waals surface area contributed by atoms with Crippen LogP contribution in [0.3, 0.4) is 0 Å². The molecule has 2 aliphatic rings. The van der Waals surface area contributed by atoms with Gasteiger partial charge in [-0.25, -0.2) is 14.8 Å². The Labute approximate surface area is 287 Å². The topological polar surface area (TPSA) is 137 Å². The average Bonchev–Trinajstić information content (AvgIpc) is 3.37. The number of thioether (sulfide) groups is 1. The van der Waals surface area contributed by atoms with Crippen LogP contribution < -0.4 is 10.1 Å². The number of carbonyl (C=O) groups is 2. The molecule has 11 nitrogen and oxygen atoms in total. The lowest BCUT2D eigenvalue weighted by molar-refractivity contribution is -0.122. The minimum absolute atomic E-state index is 0.0273. The number of amides is 1. The minimum atomic E-state index is -0.978. The molecule has 6 rings (SSSR count). The summed E-state index contributed by atoms with van der Waals surface area (Å²) in [5, 5.41) is 22.5. The van der Waals surface area contributed by atoms with Crippen LogP contribution in [0.4, 0.5) is 5.82 Å². The number of benzene rings is 3. The maximum Gasteiger partial charge on any atom is 0.335 e. The van der Waals surface area contributed by atoms with E-state index in [2.05, 4.69) is 20.2 Å². The predicted molar refractivity (Wildman–Crippen MR) is 190 cm³/mol. The number of carboxylic acid groups (broad SMARTS) is 1. The highest BCUT2D eigenvalue weighted by molar-refractivity contribution is 8.26. The Morgan fingerprint density at radius 2 is 1.88 bits per heavy atom. The number of fused-ring (bicyclic) bond motifs is 1. The van der Waals surface area contributed by atoms with E-state index in [-0.39, 0.29) is 18.1 Å². The van der Waals surface area contributed by atoms with Gasteiger partial charge in [0.25, 0.3) is 5.91 Å². The molecule has 2 fully saturated rings. The number of carboxylic acids is 1. The third-order valence-electron chi connectivity index (χ3n) is 8.12. The number of aliphatic hydroxyl groups excluding tert-OH is 1. The van der Waals surface area contributed by atoms with Crippen molar-refractivity contribution in [3.63, 3.8) is 0 Å². The lowest BCUT2D eigenvalue weighted by atomic mass is 9.99. The highest BCUT2D eigenvalue weighted by Crippen LogP contribution is 2.37. The third kappa shape index (κ3) is 8.00. The predicted octanol–water partition coefficient (Wildman–Crippen LogP) is 4.55. The first-order valence-corrected chi connectivity index (χ1v) is 16.9. The van der Waals surface area contributed by atoms with Crippen LogP contribution in [0.5, 0.6) is 5.75 Å². The van der Waals surface area contributed by atoms with Gasteiger partial charge in [-0.15, -0.1) is 0 Å². The van der Waals surface area contributed by atoms with E-state index < -0.39 is 5.97 Å². The van der Waals surface area contributed by atoms with E-state index in [9.17, 15) is 14.7 Å². The van der Waals surface area contributed by atoms with Gasteiger partial charge in [-0.2, -0.15) is 0 Å². The van der Waals surface area contributed by atoms with Gasteiger partial charge in [-0.1, -0.05) is 48.2 Å². The molecule has 3 N–H and O–H groups in total. The van der Waals surface area contributed by atoms with Crippen molar-refractivity contribution in [1.82, 2.24) is 19.8 Å². The summed E-state index contributed by atoms with van der Waals surface area (Å²) in [5.41, 5.74) is 4.46. The molecule has 248 valence electrons. The molecule has 0 unspecified atom stereocenters. The highest BCUT2D eigenvalue weighted by atomic mass is 32.2. The van der Waals surface area contributed by atoms with E-state index in [1.807, 2.05) is 42.5 Å². The number of hydrogen-bond acceptors (Lipinski definition) is 11. The Morgan fingerprint density at radius 3 is 2.65 bits per heavy atom. The number of carbonyl (C=O) groups excluding carboxylic acids is 1. The fraction of sp³-hybridized carbons (Fsp3) is 0.286. The van der Waals surface area contributed by atoms with Gasteiger partial charge in [0.2, 0.25) is 0 Å². The largest absolute Gasteiger partial charge is 0.492 e. The molecule has 2 aliphatic heterocycles. The van der Waals surface area contributed by atoms with Gasteiger partial charge in [0.1, 0.15) is 28.8 Å². The fourth-order valence-electron chi connectivity index (χ4n) is 5.54. The number of aromatic nitrogens is 2. The molecule has 3 aromatic carbocycles. The third-order valence-corrected chi connectivity index (χ3v) is 9.50. The normalized spacial score (nSPS) is 16.2. The van der Waals surface area contributed by atoms with E-state index >= 15 is 0 Å². The van der Waals surface area contributed by atoms with E-state index in [1.165, 1.54) is 18.1 Å². The summed E-state index contributed by atoms with van der Waals surface area (Å²) in [4.78, 5) is 37.9. The fourth-order valence-corrected chi connectivity index (χ4v) is 6.85. The molecule has 0 saturated carbocycles. The Kier molecular flexibility index (Phi) is 10.9. The molecule has 1 amide bonds. The van der Waals surface area contributed by atoms with Crippen molar-refractivity contribution in [1.29, 1.82) is 0 Å². The molecule has 3 heterocycles. The summed E-state index contributed by atoms with van der Waals surface area (Å²) in [6.45, 7) is 5.19. The van der Waals surface area contributed by atoms with Crippen molar-refractivity contribution in [2.45, 2.75) is 6.42 Å². The van der Waals surface area contributed by atoms with Crippen LogP contribution in [-0.2, 0) is 16.0 Å². The summed E-state index contributed by atoms with van der Waals surface area (Å²) in [7, 11) is 0. The summed E-state index contributed by atoms with van der Waals surface area (Å²) in [6, 6.07) is 18.4. The number of morpholine rings is 1. The SMILES string of the molecule is O=C(O)c1ccc(CCN2C(=O)/C(=C/c3ccc(OCCN4CCOCC4)c(-c4ccc5ncnc(NCCO)c5c4)c3)SC2=S)cc1. The van der Waals surface area contributed by atoms with E-state index in [0.29, 0.717) is 46.9 Å². The molecule has 13 heteroatoms. The molecule has 0 atom stereocenters. The van der Waals surface area contributed by atoms with Gasteiger partial charge in [0.15, 0.2) is 0 Å². The van der Waals surface area contributed by atoms with Crippen molar-refractivity contribution in [2.24, 2.45) is 0 Å². The van der Waals surface area contributed by atoms with Gasteiger partial charge in [0, 0.05) is 43.7 Å². The minimum Gasteiger partial charge on any atom is -0.492 e. The standard InChI is InChI=1S/C35H35N5O6S2/c41-15-10-36-32-28-21-26(6-7-29(28)37-22-38-32)27-19-24(3-8-30(27)46-18-14-39-12-16-45-17-13-39)20-31-33(42)40(35(47)48-31)11-9-23-1-4-25(5-2-23)34(43)44/h1-8,19-22,41H,9-18H2,(H,43,44)(H,36,37,38)/b31-20-. The number of aromatic carboxylic acids is 1. The Balaban J connectivity index is 1.25. The lowest BCUT2D eigenvalue weighted by Crippen LogP contribution is -2.38. The summed E-state index contributed by atoms with van der Waals surface area (Å²) in [6.07, 6.45) is 3.88. The monoisotopic (exact) mass is 685 g/mol. The number of ether oxygens (including phenoxy) is 2. The van der Waals surface area contributed by atoms with Crippen LogP contribution in [0.1, 0.15) is 21.5 Å². The lowest BCUT2D eigenvalue weighted by Gasteiger charge is -2.26. The van der Waals surface area contributed by atoms with Gasteiger partial charge in [0.05, 0.1) is 35.8 Å². The van der Waals surface area contributed by atoms with Crippen molar-refractivity contribution >= 4 is 63.0 Å². The number of hydrogen-bond donors (Lipinski definition) is 3. The Hall–Kier alpha value is -4.40. The Morgan fingerprint density at radius 1 is 1.06 bits per heavy atom. The van der Waals surface area contributed by atoms with Crippen LogP contribution in [0.2, 0.25) is 0 Å². The maximum absolute atomic E-state index is 13.5. The highest BCUT2D eigenvalue weighted by Gasteiger charge is 2.31. The molecular formula is C35H35N5O6S2. The van der Waals surface area contributed by atoms with E-state index in [4.69, 9.17) is 26.8 Å². The van der Waals surface area contributed by atoms with Gasteiger partial charge < -0.3 is 25.0 Å². The molecule has 4 aromatic rings. The van der Waals surface area contributed by atoms with E-state index in [0.717, 1.165) is 66.0 Å². The first-order valence-electron chi connectivity index (χ1n) is 15.6. The molecule has 1 aromatic heterocycles. The summed E-state index contributed by atoms with van der Waals surface area (Å²) in [5.74, 6) is 0.196. The summed E-state index contributed by atoms with van der Waals surface area (Å²) >= 11 is 6.84. The second-order valence-corrected chi connectivity index (χ2v) is 12.9. The van der Waals surface area contributed by atoms with Gasteiger partial charge in [-0.3, -0.25) is 14.6 Å². The maximum atomic E-state index is 13.5. The van der Waals surface area contributed by atoms with Crippen molar-refractivity contribution in [3.05, 3.63) is 88.6 Å². The van der Waals surface area contributed by atoms with Crippen LogP contribution in [-0.4, -0.2) is 105 Å². The van der Waals surface area contributed by atoms with Crippen molar-refractivity contribution < 1.29 is 29.3 Å². The number of rotatable bonds is 13. The first kappa shape index (κ1) is 33.5. The molecule has 0 radical (unpaired) electrons. The molecule has 2 saturated heterocycles. The number of nitrogens with zero attached hydrogens (tertiary/aromatic N) is 4. The molecule has 0 spiro atoms. The first-order chi connectivity index (χ1) is 23.4. The summed E-state index contributed by atoms with van der Waals surface area (Å²) < 4.78 is 12.3. The van der Waals surface area contributed by atoms with Crippen LogP contribution in [0, 0.1) is 0 Å². The molecule has 0 bridgehead atoms. The van der Waals surface area contributed by atoms with Crippen LogP contribution in [0.15, 0.2) is 71.9 Å². The van der Waals surface area contributed by atoms with Gasteiger partial charge in [-0.05, 0) is 65.6 Å². The smallest absolute Gasteiger partial charge is 0.335 e. The Bertz CT molecular complexity index is 1850. The van der Waals surface area contributed by atoms with Crippen molar-refractivity contribution in [3.8, 4) is 16.9 Å². The van der Waals surface area contributed by atoms with Crippen LogP contribution in [0.25, 0.3) is 28.1 Å². The number of thiocarbonyl (C=S) groups is 1. The van der Waals surface area contributed by atoms with Crippen LogP contribution >= 0.6 is 24.0 Å². The zero-order valence-electron chi connectivity index (χ0n) is 26.1.